The van der Waals surface area contributed by atoms with Gasteiger partial charge in [0, 0.05) is 18.7 Å². The number of nitrogens with two attached hydrogens (primary N) is 1. The molecule has 0 aromatic rings. The lowest BCUT2D eigenvalue weighted by Crippen LogP contribution is -2.51. The van der Waals surface area contributed by atoms with Crippen LogP contribution in [-0.2, 0) is 4.74 Å². The first-order chi connectivity index (χ1) is 9.49. The summed E-state index contributed by atoms with van der Waals surface area (Å²) in [5, 5.41) is 0. The zero-order chi connectivity index (χ0) is 14.8. The summed E-state index contributed by atoms with van der Waals surface area (Å²) < 4.78 is 5.58. The highest BCUT2D eigenvalue weighted by atomic mass is 16.5. The van der Waals surface area contributed by atoms with E-state index in [2.05, 4.69) is 32.7 Å². The van der Waals surface area contributed by atoms with Crippen LogP contribution in [-0.4, -0.2) is 43.8 Å². The fourth-order valence-corrected chi connectivity index (χ4v) is 4.10. The molecule has 2 rings (SSSR count). The van der Waals surface area contributed by atoms with Crippen molar-refractivity contribution in [2.24, 2.45) is 23.0 Å². The summed E-state index contributed by atoms with van der Waals surface area (Å²) in [7, 11) is 2.30. The normalized spacial score (nSPS) is 35.7. The fourth-order valence-electron chi connectivity index (χ4n) is 4.10. The van der Waals surface area contributed by atoms with Gasteiger partial charge in [0.1, 0.15) is 0 Å². The highest BCUT2D eigenvalue weighted by Crippen LogP contribution is 2.43. The van der Waals surface area contributed by atoms with Gasteiger partial charge in [0.2, 0.25) is 0 Å². The summed E-state index contributed by atoms with van der Waals surface area (Å²) in [4.78, 5) is 2.60. The fraction of sp³-hybridized carbons (Fsp3) is 1.00. The van der Waals surface area contributed by atoms with Crippen molar-refractivity contribution in [2.75, 3.05) is 26.8 Å². The van der Waals surface area contributed by atoms with Crippen LogP contribution in [0.5, 0.6) is 0 Å². The van der Waals surface area contributed by atoms with E-state index in [-0.39, 0.29) is 0 Å². The molecule has 4 atom stereocenters. The van der Waals surface area contributed by atoms with Gasteiger partial charge in [0.15, 0.2) is 0 Å². The maximum Gasteiger partial charge on any atom is 0.0622 e. The van der Waals surface area contributed by atoms with E-state index in [0.29, 0.717) is 23.4 Å². The van der Waals surface area contributed by atoms with E-state index in [9.17, 15) is 0 Å². The molecular formula is C17H34N2O. The minimum atomic E-state index is 0.463. The van der Waals surface area contributed by atoms with E-state index in [1.807, 2.05) is 0 Å². The second-order valence-electron chi connectivity index (χ2n) is 7.60. The average Bonchev–Trinajstić information content (AvgIpc) is 3.00. The third kappa shape index (κ3) is 3.37. The second-order valence-corrected chi connectivity index (χ2v) is 7.60. The average molecular weight is 282 g/mol. The predicted octanol–water partition coefficient (Wildman–Crippen LogP) is 2.89. The summed E-state index contributed by atoms with van der Waals surface area (Å²) in [6, 6.07) is 1.26. The zero-order valence-corrected chi connectivity index (χ0v) is 13.9. The van der Waals surface area contributed by atoms with Crippen LogP contribution in [0.3, 0.4) is 0 Å². The minimum Gasteiger partial charge on any atom is -0.380 e. The molecular weight excluding hydrogens is 248 g/mol. The molecule has 1 aliphatic heterocycles. The molecule has 1 heterocycles. The topological polar surface area (TPSA) is 38.5 Å². The van der Waals surface area contributed by atoms with Crippen LogP contribution in [0, 0.1) is 17.3 Å². The molecule has 20 heavy (non-hydrogen) atoms. The van der Waals surface area contributed by atoms with E-state index in [1.54, 1.807) is 0 Å². The van der Waals surface area contributed by atoms with Crippen LogP contribution in [0.25, 0.3) is 0 Å². The van der Waals surface area contributed by atoms with Crippen LogP contribution in [0.15, 0.2) is 0 Å². The van der Waals surface area contributed by atoms with Crippen molar-refractivity contribution < 1.29 is 4.74 Å². The Morgan fingerprint density at radius 1 is 1.25 bits per heavy atom. The van der Waals surface area contributed by atoms with Crippen LogP contribution in [0.4, 0.5) is 0 Å². The van der Waals surface area contributed by atoms with Gasteiger partial charge in [-0.05, 0) is 56.5 Å². The Bertz CT molecular complexity index is 299. The van der Waals surface area contributed by atoms with E-state index < -0.39 is 0 Å². The Labute approximate surface area is 125 Å². The number of nitrogens with zero attached hydrogens (tertiary/aromatic N) is 1. The van der Waals surface area contributed by atoms with Gasteiger partial charge >= 0.3 is 0 Å². The maximum atomic E-state index is 6.06. The van der Waals surface area contributed by atoms with Crippen molar-refractivity contribution in [1.82, 2.24) is 4.90 Å². The highest BCUT2D eigenvalue weighted by Gasteiger charge is 2.40. The molecule has 1 saturated carbocycles. The van der Waals surface area contributed by atoms with Gasteiger partial charge in [0.05, 0.1) is 6.61 Å². The molecule has 0 amide bonds. The van der Waals surface area contributed by atoms with Crippen molar-refractivity contribution in [2.45, 2.75) is 65.0 Å². The van der Waals surface area contributed by atoms with Gasteiger partial charge in [-0.2, -0.15) is 0 Å². The number of rotatable bonds is 5. The van der Waals surface area contributed by atoms with E-state index >= 15 is 0 Å². The van der Waals surface area contributed by atoms with Gasteiger partial charge in [-0.15, -0.1) is 0 Å². The first kappa shape index (κ1) is 16.3. The first-order valence-corrected chi connectivity index (χ1v) is 8.49. The van der Waals surface area contributed by atoms with Crippen molar-refractivity contribution in [3.63, 3.8) is 0 Å². The Kier molecular flexibility index (Phi) is 5.49. The molecule has 0 radical (unpaired) electrons. The summed E-state index contributed by atoms with van der Waals surface area (Å²) >= 11 is 0. The maximum absolute atomic E-state index is 6.06. The SMILES string of the molecule is CCC(C)(C)C1CCC(CN)C(N(C)C2CCOC2)C1. The third-order valence-corrected chi connectivity index (χ3v) is 6.28. The molecule has 2 N–H and O–H groups in total. The molecule has 1 saturated heterocycles. The largest absolute Gasteiger partial charge is 0.380 e. The number of likely N-dealkylation sites (N-methyl/N-ethyl adjacent to an activating group) is 1. The Morgan fingerprint density at radius 2 is 2.00 bits per heavy atom. The Hall–Kier alpha value is -0.120. The summed E-state index contributed by atoms with van der Waals surface area (Å²) in [6.45, 7) is 9.89. The molecule has 2 fully saturated rings. The third-order valence-electron chi connectivity index (χ3n) is 6.28. The van der Waals surface area contributed by atoms with Crippen LogP contribution in [0.1, 0.15) is 52.9 Å². The quantitative estimate of drug-likeness (QED) is 0.842. The van der Waals surface area contributed by atoms with Crippen molar-refractivity contribution in [1.29, 1.82) is 0 Å². The molecule has 0 aromatic carbocycles. The van der Waals surface area contributed by atoms with Crippen molar-refractivity contribution >= 4 is 0 Å². The number of ether oxygens (including phenoxy) is 1. The van der Waals surface area contributed by atoms with Crippen LogP contribution in [0.2, 0.25) is 0 Å². The smallest absolute Gasteiger partial charge is 0.0622 e. The van der Waals surface area contributed by atoms with Crippen LogP contribution >= 0.6 is 0 Å². The molecule has 0 bridgehead atoms. The molecule has 3 heteroatoms. The van der Waals surface area contributed by atoms with Gasteiger partial charge in [-0.3, -0.25) is 4.90 Å². The second kappa shape index (κ2) is 6.76. The number of hydrogen-bond donors (Lipinski definition) is 1. The van der Waals surface area contributed by atoms with Gasteiger partial charge in [0.25, 0.3) is 0 Å². The molecule has 4 unspecified atom stereocenters. The molecule has 118 valence electrons. The van der Waals surface area contributed by atoms with Crippen LogP contribution < -0.4 is 5.73 Å². The van der Waals surface area contributed by atoms with Gasteiger partial charge in [-0.25, -0.2) is 0 Å². The van der Waals surface area contributed by atoms with Gasteiger partial charge in [-0.1, -0.05) is 27.2 Å². The van der Waals surface area contributed by atoms with Crippen molar-refractivity contribution in [3.05, 3.63) is 0 Å². The minimum absolute atomic E-state index is 0.463. The molecule has 3 nitrogen and oxygen atoms in total. The molecule has 0 spiro atoms. The molecule has 2 aliphatic rings. The monoisotopic (exact) mass is 282 g/mol. The molecule has 0 aromatic heterocycles. The van der Waals surface area contributed by atoms with Gasteiger partial charge < -0.3 is 10.5 Å². The summed E-state index contributed by atoms with van der Waals surface area (Å²) in [5.74, 6) is 1.51. The lowest BCUT2D eigenvalue weighted by Gasteiger charge is -2.47. The summed E-state index contributed by atoms with van der Waals surface area (Å²) in [5.41, 5.74) is 6.52. The lowest BCUT2D eigenvalue weighted by molar-refractivity contribution is 0.0269. The van der Waals surface area contributed by atoms with Crippen molar-refractivity contribution in [3.8, 4) is 0 Å². The van der Waals surface area contributed by atoms with E-state index in [0.717, 1.165) is 25.7 Å². The number of hydrogen-bond acceptors (Lipinski definition) is 3. The van der Waals surface area contributed by atoms with E-state index in [1.165, 1.54) is 32.1 Å². The highest BCUT2D eigenvalue weighted by molar-refractivity contribution is 4.93. The first-order valence-electron chi connectivity index (χ1n) is 8.49. The zero-order valence-electron chi connectivity index (χ0n) is 13.9. The molecule has 1 aliphatic carbocycles. The Morgan fingerprint density at radius 3 is 2.55 bits per heavy atom. The summed E-state index contributed by atoms with van der Waals surface area (Å²) in [6.07, 6.45) is 6.43. The predicted molar refractivity (Wildman–Crippen MR) is 84.7 cm³/mol. The lowest BCUT2D eigenvalue weighted by atomic mass is 9.65. The Balaban J connectivity index is 2.05. The van der Waals surface area contributed by atoms with E-state index in [4.69, 9.17) is 10.5 Å². The standard InChI is InChI=1S/C17H34N2O/c1-5-17(2,3)14-7-6-13(11-18)16(10-14)19(4)15-8-9-20-12-15/h13-16H,5-12,18H2,1-4H3.